The molecule has 3 aliphatic heterocycles. The van der Waals surface area contributed by atoms with Crippen LogP contribution in [0.25, 0.3) is 0 Å². The Bertz CT molecular complexity index is 680. The predicted molar refractivity (Wildman–Crippen MR) is 85.1 cm³/mol. The van der Waals surface area contributed by atoms with Crippen LogP contribution in [-0.2, 0) is 14.9 Å². The van der Waals surface area contributed by atoms with Gasteiger partial charge in [-0.25, -0.2) is 0 Å². The number of likely N-dealkylation sites (tertiary alicyclic amines) is 1. The van der Waals surface area contributed by atoms with Gasteiger partial charge in [0.25, 0.3) is 0 Å². The second kappa shape index (κ2) is 5.08. The van der Waals surface area contributed by atoms with Crippen molar-refractivity contribution in [1.29, 1.82) is 0 Å². The summed E-state index contributed by atoms with van der Waals surface area (Å²) in [6.07, 6.45) is 2.35. The van der Waals surface area contributed by atoms with E-state index in [-0.39, 0.29) is 24.4 Å². The number of ether oxygens (including phenoxy) is 4. The second-order valence-electron chi connectivity index (χ2n) is 7.40. The van der Waals surface area contributed by atoms with E-state index < -0.39 is 6.29 Å². The Labute approximate surface area is 141 Å². The van der Waals surface area contributed by atoms with Crippen molar-refractivity contribution in [2.45, 2.75) is 49.2 Å². The Morgan fingerprint density at radius 1 is 1.29 bits per heavy atom. The molecule has 1 saturated heterocycles. The lowest BCUT2D eigenvalue weighted by atomic mass is 9.62. The molecule has 24 heavy (non-hydrogen) atoms. The fraction of sp³-hybridized carbons (Fsp3) is 0.667. The Morgan fingerprint density at radius 2 is 2.08 bits per heavy atom. The van der Waals surface area contributed by atoms with Crippen molar-refractivity contribution in [1.82, 2.24) is 4.90 Å². The molecule has 5 unspecified atom stereocenters. The molecule has 6 nitrogen and oxygen atoms in total. The molecule has 130 valence electrons. The van der Waals surface area contributed by atoms with E-state index in [1.165, 1.54) is 5.56 Å². The van der Waals surface area contributed by atoms with Crippen LogP contribution in [0.5, 0.6) is 11.5 Å². The van der Waals surface area contributed by atoms with Crippen LogP contribution in [0.1, 0.15) is 36.7 Å². The highest BCUT2D eigenvalue weighted by Gasteiger charge is 2.60. The number of likely N-dealkylation sites (N-methyl/N-ethyl adjacent to an activating group) is 1. The third kappa shape index (κ3) is 1.80. The largest absolute Gasteiger partial charge is 0.454 e. The topological polar surface area (TPSA) is 60.4 Å². The number of hydrogen-bond acceptors (Lipinski definition) is 6. The molecule has 1 spiro atoms. The zero-order chi connectivity index (χ0) is 16.5. The molecule has 5 atom stereocenters. The van der Waals surface area contributed by atoms with E-state index in [1.807, 2.05) is 6.07 Å². The monoisotopic (exact) mass is 333 g/mol. The van der Waals surface area contributed by atoms with E-state index in [2.05, 4.69) is 18.0 Å². The van der Waals surface area contributed by atoms with Crippen LogP contribution in [0.2, 0.25) is 0 Å². The molecule has 4 aliphatic rings. The normalized spacial score (nSPS) is 40.1. The molecule has 1 N–H and O–H groups in total. The summed E-state index contributed by atoms with van der Waals surface area (Å²) >= 11 is 0. The number of hydrogen-bond donors (Lipinski definition) is 1. The number of benzene rings is 1. The molecule has 0 aromatic heterocycles. The van der Waals surface area contributed by atoms with E-state index >= 15 is 0 Å². The predicted octanol–water partition coefficient (Wildman–Crippen LogP) is 1.56. The molecule has 5 rings (SSSR count). The zero-order valence-corrected chi connectivity index (χ0v) is 14.0. The third-order valence-electron chi connectivity index (χ3n) is 6.46. The average molecular weight is 333 g/mol. The number of fused-ring (bicyclic) bond motifs is 2. The molecule has 1 aromatic rings. The summed E-state index contributed by atoms with van der Waals surface area (Å²) in [7, 11) is 3.94. The Hall–Kier alpha value is -1.34. The minimum Gasteiger partial charge on any atom is -0.454 e. The van der Waals surface area contributed by atoms with Gasteiger partial charge >= 0.3 is 0 Å². The SMILES string of the molecule is COC1CCC23c4cc5c(cc4C(O)OC2CN(C)C3C1)OCO5. The van der Waals surface area contributed by atoms with Gasteiger partial charge in [-0.3, -0.25) is 4.90 Å². The number of aliphatic hydroxyl groups is 1. The Balaban J connectivity index is 1.67. The van der Waals surface area contributed by atoms with Crippen molar-refractivity contribution in [3.63, 3.8) is 0 Å². The number of nitrogens with zero attached hydrogens (tertiary/aromatic N) is 1. The van der Waals surface area contributed by atoms with Crippen LogP contribution in [0.3, 0.4) is 0 Å². The van der Waals surface area contributed by atoms with Gasteiger partial charge in [0.1, 0.15) is 0 Å². The molecule has 0 radical (unpaired) electrons. The summed E-state index contributed by atoms with van der Waals surface area (Å²) in [5.74, 6) is 1.47. The fourth-order valence-corrected chi connectivity index (χ4v) is 5.30. The van der Waals surface area contributed by atoms with Gasteiger partial charge in [-0.15, -0.1) is 0 Å². The van der Waals surface area contributed by atoms with E-state index in [4.69, 9.17) is 18.9 Å². The van der Waals surface area contributed by atoms with E-state index in [0.717, 1.165) is 37.1 Å². The number of rotatable bonds is 1. The molecule has 3 heterocycles. The van der Waals surface area contributed by atoms with E-state index in [0.29, 0.717) is 11.8 Å². The third-order valence-corrected chi connectivity index (χ3v) is 6.46. The average Bonchev–Trinajstić information content (AvgIpc) is 3.16. The Morgan fingerprint density at radius 3 is 2.88 bits per heavy atom. The van der Waals surface area contributed by atoms with Gasteiger partial charge in [0.05, 0.1) is 12.2 Å². The maximum absolute atomic E-state index is 10.5. The molecule has 1 aromatic carbocycles. The summed E-state index contributed by atoms with van der Waals surface area (Å²) < 4.78 is 22.8. The maximum Gasteiger partial charge on any atom is 0.231 e. The lowest BCUT2D eigenvalue weighted by Crippen LogP contribution is -2.54. The van der Waals surface area contributed by atoms with Gasteiger partial charge in [-0.1, -0.05) is 0 Å². The lowest BCUT2D eigenvalue weighted by molar-refractivity contribution is -0.170. The first-order valence-electron chi connectivity index (χ1n) is 8.64. The standard InChI is InChI=1S/C18H23NO5/c1-19-8-16-18(4-3-10(21-2)5-15(18)19)12-7-14-13(22-9-23-14)6-11(12)17(20)24-16/h6-7,10,15-17,20H,3-5,8-9H2,1-2H3. The molecule has 2 fully saturated rings. The molecule has 1 aliphatic carbocycles. The smallest absolute Gasteiger partial charge is 0.231 e. The van der Waals surface area contributed by atoms with Gasteiger partial charge in [0.15, 0.2) is 17.8 Å². The highest BCUT2D eigenvalue weighted by Crippen LogP contribution is 2.56. The van der Waals surface area contributed by atoms with Gasteiger partial charge < -0.3 is 24.1 Å². The highest BCUT2D eigenvalue weighted by molar-refractivity contribution is 5.54. The quantitative estimate of drug-likeness (QED) is 0.842. The van der Waals surface area contributed by atoms with Crippen molar-refractivity contribution < 1.29 is 24.1 Å². The van der Waals surface area contributed by atoms with Crippen LogP contribution in [-0.4, -0.2) is 55.8 Å². The maximum atomic E-state index is 10.5. The number of methoxy groups -OCH3 is 1. The number of aliphatic hydroxyl groups excluding tert-OH is 1. The van der Waals surface area contributed by atoms with Crippen LogP contribution >= 0.6 is 0 Å². The van der Waals surface area contributed by atoms with Gasteiger partial charge in [-0.2, -0.15) is 0 Å². The first-order valence-corrected chi connectivity index (χ1v) is 8.64. The minimum absolute atomic E-state index is 0.00632. The van der Waals surface area contributed by atoms with Crippen molar-refractivity contribution in [2.75, 3.05) is 27.5 Å². The zero-order valence-electron chi connectivity index (χ0n) is 14.0. The van der Waals surface area contributed by atoms with E-state index in [1.54, 1.807) is 7.11 Å². The fourth-order valence-electron chi connectivity index (χ4n) is 5.30. The van der Waals surface area contributed by atoms with Crippen molar-refractivity contribution in [3.05, 3.63) is 23.3 Å². The molecule has 6 heteroatoms. The molecular weight excluding hydrogens is 310 g/mol. The molecule has 0 bridgehead atoms. The van der Waals surface area contributed by atoms with Gasteiger partial charge in [-0.05, 0) is 44.0 Å². The van der Waals surface area contributed by atoms with E-state index in [9.17, 15) is 5.11 Å². The highest BCUT2D eigenvalue weighted by atomic mass is 16.7. The second-order valence-corrected chi connectivity index (χ2v) is 7.40. The van der Waals surface area contributed by atoms with Crippen LogP contribution in [0.15, 0.2) is 12.1 Å². The van der Waals surface area contributed by atoms with Crippen LogP contribution in [0.4, 0.5) is 0 Å². The van der Waals surface area contributed by atoms with Gasteiger partial charge in [0, 0.05) is 30.7 Å². The van der Waals surface area contributed by atoms with Crippen molar-refractivity contribution in [3.8, 4) is 11.5 Å². The summed E-state index contributed by atoms with van der Waals surface area (Å²) in [6.45, 7) is 1.06. The van der Waals surface area contributed by atoms with Crippen LogP contribution < -0.4 is 9.47 Å². The summed E-state index contributed by atoms with van der Waals surface area (Å²) in [6, 6.07) is 4.31. The lowest BCUT2D eigenvalue weighted by Gasteiger charge is -2.49. The molecule has 0 amide bonds. The minimum atomic E-state index is -0.905. The van der Waals surface area contributed by atoms with Gasteiger partial charge in [0.2, 0.25) is 6.79 Å². The molecular formula is C18H23NO5. The first-order chi connectivity index (χ1) is 11.6. The molecule has 1 saturated carbocycles. The Kier molecular flexibility index (Phi) is 3.17. The summed E-state index contributed by atoms with van der Waals surface area (Å²) in [5, 5.41) is 10.5. The van der Waals surface area contributed by atoms with Crippen molar-refractivity contribution in [2.24, 2.45) is 0 Å². The summed E-state index contributed by atoms with van der Waals surface area (Å²) in [4.78, 5) is 2.36. The first kappa shape index (κ1) is 15.0. The van der Waals surface area contributed by atoms with Crippen molar-refractivity contribution >= 4 is 0 Å². The van der Waals surface area contributed by atoms with Crippen LogP contribution in [0, 0.1) is 0 Å². The summed E-state index contributed by atoms with van der Waals surface area (Å²) in [5.41, 5.74) is 1.88.